The van der Waals surface area contributed by atoms with Crippen molar-refractivity contribution >= 4 is 30.2 Å². The molecule has 0 fully saturated rings. The molecule has 0 saturated carbocycles. The second-order valence-electron chi connectivity index (χ2n) is 3.91. The molecule has 0 aromatic heterocycles. The van der Waals surface area contributed by atoms with Crippen LogP contribution in [0.4, 0.5) is 28.6 Å². The minimum Gasteiger partial charge on any atom is -0.418 e. The third kappa shape index (κ3) is 7.46. The summed E-state index contributed by atoms with van der Waals surface area (Å²) in [6.45, 7) is 1.93. The SMILES string of the molecule is Cc1c(Cl)cccc1/N=N/c1ccccc1.F[B-](F)(F)F. The summed E-state index contributed by atoms with van der Waals surface area (Å²) in [4.78, 5) is 0. The molecule has 2 aromatic rings. The summed E-state index contributed by atoms with van der Waals surface area (Å²) in [6.07, 6.45) is 0. The fraction of sp³-hybridized carbons (Fsp3) is 0.0769. The van der Waals surface area contributed by atoms with E-state index in [1.807, 2.05) is 55.5 Å². The molecule has 0 heterocycles. The number of benzene rings is 2. The van der Waals surface area contributed by atoms with Crippen molar-refractivity contribution in [2.45, 2.75) is 6.92 Å². The minimum atomic E-state index is -6.00. The van der Waals surface area contributed by atoms with Crippen LogP contribution in [0, 0.1) is 6.92 Å². The second kappa shape index (κ2) is 7.78. The van der Waals surface area contributed by atoms with E-state index in [0.717, 1.165) is 16.9 Å². The van der Waals surface area contributed by atoms with Gasteiger partial charge in [-0.3, -0.25) is 0 Å². The molecule has 0 radical (unpaired) electrons. The van der Waals surface area contributed by atoms with E-state index in [1.54, 1.807) is 0 Å². The van der Waals surface area contributed by atoms with Crippen molar-refractivity contribution in [2.75, 3.05) is 0 Å². The van der Waals surface area contributed by atoms with Crippen LogP contribution in [0.25, 0.3) is 0 Å². The molecule has 0 atom stereocenters. The van der Waals surface area contributed by atoms with Gasteiger partial charge in [-0.05, 0) is 36.8 Å². The number of nitrogens with zero attached hydrogens (tertiary/aromatic N) is 2. The standard InChI is InChI=1S/C13H11ClN2.BF4/c1-10-12(14)8-5-9-13(10)16-15-11-6-3-2-4-7-11;2-1(3,4)5/h2-9H,1H3;/q;-1/b16-15+;. The van der Waals surface area contributed by atoms with Crippen molar-refractivity contribution in [2.24, 2.45) is 10.2 Å². The van der Waals surface area contributed by atoms with Crippen LogP contribution in [-0.4, -0.2) is 7.25 Å². The Hall–Kier alpha value is -1.89. The molecular formula is C13H11BClF4N2-. The van der Waals surface area contributed by atoms with Gasteiger partial charge in [0.05, 0.1) is 11.4 Å². The Bertz CT molecular complexity index is 597. The van der Waals surface area contributed by atoms with Gasteiger partial charge in [-0.2, -0.15) is 10.2 Å². The van der Waals surface area contributed by atoms with E-state index in [2.05, 4.69) is 10.2 Å². The number of rotatable bonds is 2. The van der Waals surface area contributed by atoms with Gasteiger partial charge in [0, 0.05) is 5.02 Å². The van der Waals surface area contributed by atoms with E-state index in [1.165, 1.54) is 0 Å². The monoisotopic (exact) mass is 317 g/mol. The van der Waals surface area contributed by atoms with Gasteiger partial charge in [0.1, 0.15) is 0 Å². The molecule has 0 aliphatic carbocycles. The molecule has 0 aliphatic rings. The zero-order valence-electron chi connectivity index (χ0n) is 11.0. The van der Waals surface area contributed by atoms with Gasteiger partial charge >= 0.3 is 7.25 Å². The average molecular weight is 318 g/mol. The van der Waals surface area contributed by atoms with Crippen LogP contribution in [-0.2, 0) is 0 Å². The molecule has 8 heteroatoms. The normalized spacial score (nSPS) is 11.1. The maximum Gasteiger partial charge on any atom is 0.673 e. The van der Waals surface area contributed by atoms with Crippen molar-refractivity contribution in [3.8, 4) is 0 Å². The lowest BCUT2D eigenvalue weighted by atomic mass is 10.2. The van der Waals surface area contributed by atoms with Crippen molar-refractivity contribution < 1.29 is 17.3 Å². The highest BCUT2D eigenvalue weighted by Gasteiger charge is 2.20. The summed E-state index contributed by atoms with van der Waals surface area (Å²) in [7, 11) is -6.00. The van der Waals surface area contributed by atoms with E-state index >= 15 is 0 Å². The second-order valence-corrected chi connectivity index (χ2v) is 4.32. The molecule has 0 unspecified atom stereocenters. The number of halogens is 5. The maximum atomic E-state index is 9.75. The predicted octanol–water partition coefficient (Wildman–Crippen LogP) is 6.36. The van der Waals surface area contributed by atoms with E-state index < -0.39 is 7.25 Å². The number of hydrogen-bond acceptors (Lipinski definition) is 2. The summed E-state index contributed by atoms with van der Waals surface area (Å²) in [6, 6.07) is 15.2. The van der Waals surface area contributed by atoms with Crippen molar-refractivity contribution in [3.05, 3.63) is 59.1 Å². The molecule has 0 bridgehead atoms. The van der Waals surface area contributed by atoms with E-state index in [-0.39, 0.29) is 0 Å². The molecule has 21 heavy (non-hydrogen) atoms. The summed E-state index contributed by atoms with van der Waals surface area (Å²) >= 11 is 5.99. The number of hydrogen-bond donors (Lipinski definition) is 0. The van der Waals surface area contributed by atoms with Gasteiger partial charge in [0.15, 0.2) is 0 Å². The molecule has 0 N–H and O–H groups in total. The van der Waals surface area contributed by atoms with E-state index in [4.69, 9.17) is 11.6 Å². The zero-order valence-corrected chi connectivity index (χ0v) is 11.7. The fourth-order valence-corrected chi connectivity index (χ4v) is 1.48. The Morgan fingerprint density at radius 2 is 1.43 bits per heavy atom. The van der Waals surface area contributed by atoms with Crippen LogP contribution >= 0.6 is 11.6 Å². The van der Waals surface area contributed by atoms with Crippen LogP contribution < -0.4 is 0 Å². The van der Waals surface area contributed by atoms with Gasteiger partial charge in [-0.25, -0.2) is 0 Å². The maximum absolute atomic E-state index is 9.75. The predicted molar refractivity (Wildman–Crippen MR) is 77.0 cm³/mol. The van der Waals surface area contributed by atoms with Gasteiger partial charge in [-0.1, -0.05) is 35.9 Å². The van der Waals surface area contributed by atoms with Crippen LogP contribution in [0.2, 0.25) is 5.02 Å². The van der Waals surface area contributed by atoms with Gasteiger partial charge in [0.25, 0.3) is 0 Å². The first-order valence-electron chi connectivity index (χ1n) is 5.86. The molecule has 0 spiro atoms. The number of azo groups is 1. The Kier molecular flexibility index (Phi) is 6.36. The highest BCUT2D eigenvalue weighted by Crippen LogP contribution is 2.26. The Morgan fingerprint density at radius 1 is 0.857 bits per heavy atom. The van der Waals surface area contributed by atoms with E-state index in [9.17, 15) is 17.3 Å². The first-order valence-corrected chi connectivity index (χ1v) is 6.24. The Balaban J connectivity index is 0.000000383. The average Bonchev–Trinajstić information content (AvgIpc) is 2.40. The van der Waals surface area contributed by atoms with Crippen LogP contribution in [0.3, 0.4) is 0 Å². The lowest BCUT2D eigenvalue weighted by molar-refractivity contribution is 0.368. The molecule has 112 valence electrons. The van der Waals surface area contributed by atoms with Crippen molar-refractivity contribution in [3.63, 3.8) is 0 Å². The van der Waals surface area contributed by atoms with Crippen molar-refractivity contribution in [1.82, 2.24) is 0 Å². The summed E-state index contributed by atoms with van der Waals surface area (Å²) in [5.74, 6) is 0. The summed E-state index contributed by atoms with van der Waals surface area (Å²) < 4.78 is 39.0. The molecule has 2 nitrogen and oxygen atoms in total. The fourth-order valence-electron chi connectivity index (χ4n) is 1.31. The first-order chi connectivity index (χ1) is 9.77. The topological polar surface area (TPSA) is 24.7 Å². The molecule has 2 rings (SSSR count). The minimum absolute atomic E-state index is 0.713. The van der Waals surface area contributed by atoms with Crippen LogP contribution in [0.15, 0.2) is 58.8 Å². The largest absolute Gasteiger partial charge is 0.673 e. The molecule has 0 amide bonds. The third-order valence-electron chi connectivity index (χ3n) is 2.27. The lowest BCUT2D eigenvalue weighted by Crippen LogP contribution is -2.02. The van der Waals surface area contributed by atoms with Gasteiger partial charge in [0.2, 0.25) is 0 Å². The quantitative estimate of drug-likeness (QED) is 0.349. The smallest absolute Gasteiger partial charge is 0.418 e. The van der Waals surface area contributed by atoms with Crippen molar-refractivity contribution in [1.29, 1.82) is 0 Å². The van der Waals surface area contributed by atoms with Gasteiger partial charge < -0.3 is 17.3 Å². The highest BCUT2D eigenvalue weighted by molar-refractivity contribution is 6.50. The third-order valence-corrected chi connectivity index (χ3v) is 2.68. The molecule has 0 aliphatic heterocycles. The summed E-state index contributed by atoms with van der Waals surface area (Å²) in [5.41, 5.74) is 2.59. The summed E-state index contributed by atoms with van der Waals surface area (Å²) in [5, 5.41) is 9.03. The molecular weight excluding hydrogens is 306 g/mol. The molecule has 0 saturated heterocycles. The molecule has 2 aromatic carbocycles. The highest BCUT2D eigenvalue weighted by atomic mass is 35.5. The van der Waals surface area contributed by atoms with Gasteiger partial charge in [-0.15, -0.1) is 0 Å². The van der Waals surface area contributed by atoms with E-state index in [0.29, 0.717) is 5.02 Å². The zero-order chi connectivity index (χ0) is 15.9. The Morgan fingerprint density at radius 3 is 2.00 bits per heavy atom. The Labute approximate surface area is 124 Å². The van der Waals surface area contributed by atoms with Crippen LogP contribution in [0.5, 0.6) is 0 Å². The van der Waals surface area contributed by atoms with Crippen LogP contribution in [0.1, 0.15) is 5.56 Å². The lowest BCUT2D eigenvalue weighted by Gasteiger charge is -2.00. The first kappa shape index (κ1) is 17.2.